The Labute approximate surface area is 174 Å². The molecule has 0 amide bonds. The molecule has 0 atom stereocenters. The summed E-state index contributed by atoms with van der Waals surface area (Å²) in [5.41, 5.74) is -0.288. The normalized spacial score (nSPS) is 11.7. The molecule has 0 fully saturated rings. The van der Waals surface area contributed by atoms with Gasteiger partial charge in [0.2, 0.25) is 0 Å². The fourth-order valence-electron chi connectivity index (χ4n) is 2.41. The van der Waals surface area contributed by atoms with E-state index in [0.29, 0.717) is 31.6 Å². The van der Waals surface area contributed by atoms with Crippen LogP contribution < -0.4 is 0 Å². The van der Waals surface area contributed by atoms with Crippen molar-refractivity contribution in [1.29, 1.82) is 0 Å². The van der Waals surface area contributed by atoms with Gasteiger partial charge in [-0.1, -0.05) is 5.10 Å². The number of aromatic nitrogens is 4. The second-order valence-corrected chi connectivity index (χ2v) is 8.37. The SMILES string of the molecule is Cc1cc([N+](=O)[O-])n(CCC(C)(C)O)n1.Cc1cc([N+](=O)[O-])nn1CCC(C)(C)O. The maximum atomic E-state index is 10.6. The summed E-state index contributed by atoms with van der Waals surface area (Å²) in [6.07, 6.45) is 0.932. The zero-order chi connectivity index (χ0) is 23.3. The van der Waals surface area contributed by atoms with Crippen molar-refractivity contribution in [2.45, 2.75) is 78.7 Å². The summed E-state index contributed by atoms with van der Waals surface area (Å²) in [5.74, 6) is -0.181. The third kappa shape index (κ3) is 8.66. The predicted octanol–water partition coefficient (Wildman–Crippen LogP) is 2.52. The van der Waals surface area contributed by atoms with Gasteiger partial charge in [0.05, 0.1) is 46.4 Å². The van der Waals surface area contributed by atoms with Crippen LogP contribution in [0.1, 0.15) is 51.9 Å². The molecule has 30 heavy (non-hydrogen) atoms. The number of hydrogen-bond donors (Lipinski definition) is 2. The predicted molar refractivity (Wildman–Crippen MR) is 109 cm³/mol. The Bertz CT molecular complexity index is 875. The third-order valence-corrected chi connectivity index (χ3v) is 4.09. The van der Waals surface area contributed by atoms with Crippen LogP contribution in [0.2, 0.25) is 0 Å². The molecule has 2 rings (SSSR count). The lowest BCUT2D eigenvalue weighted by molar-refractivity contribution is -0.392. The minimum absolute atomic E-state index is 0.0308. The first-order valence-corrected chi connectivity index (χ1v) is 9.41. The van der Waals surface area contributed by atoms with Crippen molar-refractivity contribution < 1.29 is 20.1 Å². The zero-order valence-electron chi connectivity index (χ0n) is 18.2. The van der Waals surface area contributed by atoms with Gasteiger partial charge in [-0.15, -0.1) is 4.68 Å². The van der Waals surface area contributed by atoms with E-state index in [1.165, 1.54) is 21.5 Å². The van der Waals surface area contributed by atoms with Crippen LogP contribution in [0.25, 0.3) is 0 Å². The Morgan fingerprint density at radius 2 is 1.40 bits per heavy atom. The minimum atomic E-state index is -0.840. The van der Waals surface area contributed by atoms with Gasteiger partial charge < -0.3 is 30.4 Å². The van der Waals surface area contributed by atoms with E-state index in [-0.39, 0.29) is 11.6 Å². The van der Waals surface area contributed by atoms with Gasteiger partial charge >= 0.3 is 11.6 Å². The smallest absolute Gasteiger partial charge is 0.390 e. The molecule has 0 saturated carbocycles. The maximum absolute atomic E-state index is 10.6. The summed E-state index contributed by atoms with van der Waals surface area (Å²) >= 11 is 0. The second kappa shape index (κ2) is 9.76. The van der Waals surface area contributed by atoms with Crippen LogP contribution in [0.5, 0.6) is 0 Å². The Balaban J connectivity index is 0.000000300. The maximum Gasteiger partial charge on any atom is 0.390 e. The molecule has 0 saturated heterocycles. The van der Waals surface area contributed by atoms with Crippen molar-refractivity contribution >= 4 is 11.6 Å². The summed E-state index contributed by atoms with van der Waals surface area (Å²) in [6, 6.07) is 2.84. The number of aryl methyl sites for hydroxylation is 4. The summed E-state index contributed by atoms with van der Waals surface area (Å²) < 4.78 is 2.85. The van der Waals surface area contributed by atoms with Gasteiger partial charge in [0.1, 0.15) is 6.54 Å². The molecule has 0 aliphatic carbocycles. The van der Waals surface area contributed by atoms with Gasteiger partial charge in [-0.3, -0.25) is 0 Å². The van der Waals surface area contributed by atoms with Crippen LogP contribution in [0.4, 0.5) is 11.6 Å². The van der Waals surface area contributed by atoms with Crippen molar-refractivity contribution in [3.63, 3.8) is 0 Å². The summed E-state index contributed by atoms with van der Waals surface area (Å²) in [5, 5.41) is 47.9. The quantitative estimate of drug-likeness (QED) is 0.480. The molecule has 2 aromatic heterocycles. The lowest BCUT2D eigenvalue weighted by atomic mass is 10.1. The Morgan fingerprint density at radius 1 is 0.900 bits per heavy atom. The molecular formula is C18H30N6O6. The number of aliphatic hydroxyl groups is 2. The van der Waals surface area contributed by atoms with Crippen LogP contribution in [-0.2, 0) is 13.1 Å². The topological polar surface area (TPSA) is 162 Å². The number of hydrogen-bond acceptors (Lipinski definition) is 8. The molecule has 0 unspecified atom stereocenters. The lowest BCUT2D eigenvalue weighted by Gasteiger charge is -2.15. The molecule has 12 nitrogen and oxygen atoms in total. The highest BCUT2D eigenvalue weighted by molar-refractivity contribution is 5.22. The largest absolute Gasteiger partial charge is 0.390 e. The Morgan fingerprint density at radius 3 is 1.80 bits per heavy atom. The molecule has 0 aliphatic heterocycles. The van der Waals surface area contributed by atoms with Crippen molar-refractivity contribution in [2.24, 2.45) is 0 Å². The highest BCUT2D eigenvalue weighted by Crippen LogP contribution is 2.16. The molecule has 12 heteroatoms. The Kier molecular flexibility index (Phi) is 8.19. The fraction of sp³-hybridized carbons (Fsp3) is 0.667. The summed E-state index contributed by atoms with van der Waals surface area (Å²) in [6.45, 7) is 11.0. The van der Waals surface area contributed by atoms with Crippen molar-refractivity contribution in [3.05, 3.63) is 43.7 Å². The average Bonchev–Trinajstić information content (AvgIpc) is 3.13. The highest BCUT2D eigenvalue weighted by atomic mass is 16.6. The van der Waals surface area contributed by atoms with E-state index in [1.807, 2.05) is 0 Å². The van der Waals surface area contributed by atoms with Gasteiger partial charge in [-0.05, 0) is 57.8 Å². The third-order valence-electron chi connectivity index (χ3n) is 4.09. The van der Waals surface area contributed by atoms with E-state index < -0.39 is 21.0 Å². The fourth-order valence-corrected chi connectivity index (χ4v) is 2.41. The van der Waals surface area contributed by atoms with E-state index in [0.717, 1.165) is 5.69 Å². The highest BCUT2D eigenvalue weighted by Gasteiger charge is 2.20. The first kappa shape index (κ1) is 25.2. The summed E-state index contributed by atoms with van der Waals surface area (Å²) in [7, 11) is 0. The lowest BCUT2D eigenvalue weighted by Crippen LogP contribution is -2.21. The molecule has 2 heterocycles. The number of nitrogens with zero attached hydrogens (tertiary/aromatic N) is 6. The van der Waals surface area contributed by atoms with Crippen LogP contribution >= 0.6 is 0 Å². The summed E-state index contributed by atoms with van der Waals surface area (Å²) in [4.78, 5) is 20.1. The van der Waals surface area contributed by atoms with Crippen LogP contribution in [0, 0.1) is 34.1 Å². The van der Waals surface area contributed by atoms with Gasteiger partial charge in [0.25, 0.3) is 0 Å². The van der Waals surface area contributed by atoms with Crippen molar-refractivity contribution in [3.8, 4) is 0 Å². The standard InChI is InChI=1S/2C9H15N3O3/c1-7-6-8(12(14)15)10-11(7)5-4-9(2,3)13;1-7-6-8(12(14)15)11(10-7)5-4-9(2,3)13/h2*6,13H,4-5H2,1-3H3. The molecule has 0 aromatic carbocycles. The van der Waals surface area contributed by atoms with Crippen LogP contribution in [0.3, 0.4) is 0 Å². The molecule has 0 bridgehead atoms. The van der Waals surface area contributed by atoms with Gasteiger partial charge in [-0.25, -0.2) is 0 Å². The van der Waals surface area contributed by atoms with Crippen LogP contribution in [-0.4, -0.2) is 50.8 Å². The van der Waals surface area contributed by atoms with E-state index in [1.54, 1.807) is 41.5 Å². The van der Waals surface area contributed by atoms with Gasteiger partial charge in [0, 0.05) is 6.42 Å². The van der Waals surface area contributed by atoms with Crippen molar-refractivity contribution in [1.82, 2.24) is 19.6 Å². The average molecular weight is 426 g/mol. The monoisotopic (exact) mass is 426 g/mol. The number of nitro groups is 2. The molecule has 0 spiro atoms. The zero-order valence-corrected chi connectivity index (χ0v) is 18.2. The molecule has 0 radical (unpaired) electrons. The second-order valence-electron chi connectivity index (χ2n) is 8.37. The van der Waals surface area contributed by atoms with Crippen LogP contribution in [0.15, 0.2) is 12.1 Å². The molecule has 2 N–H and O–H groups in total. The Hall–Kier alpha value is -2.86. The van der Waals surface area contributed by atoms with Gasteiger partial charge in [-0.2, -0.15) is 4.68 Å². The molecular weight excluding hydrogens is 396 g/mol. The minimum Gasteiger partial charge on any atom is -0.390 e. The van der Waals surface area contributed by atoms with E-state index in [9.17, 15) is 30.4 Å². The molecule has 2 aromatic rings. The first-order valence-electron chi connectivity index (χ1n) is 9.41. The van der Waals surface area contributed by atoms with Gasteiger partial charge in [0.15, 0.2) is 0 Å². The van der Waals surface area contributed by atoms with E-state index in [4.69, 9.17) is 0 Å². The number of rotatable bonds is 8. The molecule has 0 aliphatic rings. The van der Waals surface area contributed by atoms with E-state index in [2.05, 4.69) is 10.2 Å². The molecule has 168 valence electrons. The van der Waals surface area contributed by atoms with Crippen molar-refractivity contribution in [2.75, 3.05) is 0 Å². The van der Waals surface area contributed by atoms with E-state index >= 15 is 0 Å². The first-order chi connectivity index (χ1) is 13.6.